The summed E-state index contributed by atoms with van der Waals surface area (Å²) in [6, 6.07) is 0. The van der Waals surface area contributed by atoms with Gasteiger partial charge in [-0.2, -0.15) is 0 Å². The zero-order chi connectivity index (χ0) is 10.6. The Morgan fingerprint density at radius 1 is 1.64 bits per heavy atom. The highest BCUT2D eigenvalue weighted by Crippen LogP contribution is 2.20. The lowest BCUT2D eigenvalue weighted by molar-refractivity contribution is -0.136. The first-order chi connectivity index (χ1) is 6.69. The molecule has 0 aromatic heterocycles. The van der Waals surface area contributed by atoms with Gasteiger partial charge in [-0.15, -0.1) is 0 Å². The summed E-state index contributed by atoms with van der Waals surface area (Å²) in [6.07, 6.45) is 3.61. The summed E-state index contributed by atoms with van der Waals surface area (Å²) in [5, 5.41) is 0. The van der Waals surface area contributed by atoms with Crippen LogP contribution in [0, 0.1) is 11.8 Å². The first-order valence-corrected chi connectivity index (χ1v) is 5.67. The van der Waals surface area contributed by atoms with Gasteiger partial charge in [-0.25, -0.2) is 0 Å². The molecule has 1 aliphatic rings. The summed E-state index contributed by atoms with van der Waals surface area (Å²) in [5.41, 5.74) is 5.50. The van der Waals surface area contributed by atoms with E-state index < -0.39 is 0 Å². The maximum absolute atomic E-state index is 11.8. The van der Waals surface area contributed by atoms with Crippen LogP contribution in [0.5, 0.6) is 0 Å². The Kier molecular flexibility index (Phi) is 4.39. The van der Waals surface area contributed by atoms with Crippen molar-refractivity contribution in [3.05, 3.63) is 0 Å². The van der Waals surface area contributed by atoms with Crippen LogP contribution in [-0.4, -0.2) is 30.4 Å². The zero-order valence-electron chi connectivity index (χ0n) is 9.33. The van der Waals surface area contributed by atoms with Gasteiger partial charge in [-0.3, -0.25) is 4.79 Å². The van der Waals surface area contributed by atoms with E-state index in [2.05, 4.69) is 6.92 Å². The smallest absolute Gasteiger partial charge is 0.226 e. The van der Waals surface area contributed by atoms with E-state index in [1.807, 2.05) is 11.8 Å². The summed E-state index contributed by atoms with van der Waals surface area (Å²) in [7, 11) is 0. The molecule has 0 aromatic carbocycles. The monoisotopic (exact) mass is 198 g/mol. The molecule has 3 heteroatoms. The molecule has 1 rings (SSSR count). The molecule has 1 amide bonds. The fourth-order valence-electron chi connectivity index (χ4n) is 2.01. The molecule has 3 nitrogen and oxygen atoms in total. The lowest BCUT2D eigenvalue weighted by Gasteiger charge is -2.33. The largest absolute Gasteiger partial charge is 0.342 e. The van der Waals surface area contributed by atoms with Crippen molar-refractivity contribution >= 4 is 5.91 Å². The van der Waals surface area contributed by atoms with Crippen LogP contribution in [0.25, 0.3) is 0 Å². The van der Waals surface area contributed by atoms with Gasteiger partial charge in [0.25, 0.3) is 0 Å². The second-order valence-corrected chi connectivity index (χ2v) is 4.34. The molecular formula is C11H22N2O. The van der Waals surface area contributed by atoms with Gasteiger partial charge in [0.1, 0.15) is 0 Å². The lowest BCUT2D eigenvalue weighted by atomic mass is 9.95. The van der Waals surface area contributed by atoms with Crippen LogP contribution in [0.15, 0.2) is 0 Å². The van der Waals surface area contributed by atoms with E-state index in [0.29, 0.717) is 12.5 Å². The first-order valence-electron chi connectivity index (χ1n) is 5.67. The molecule has 82 valence electrons. The molecule has 0 radical (unpaired) electrons. The average molecular weight is 198 g/mol. The Hall–Kier alpha value is -0.570. The maximum atomic E-state index is 11.8. The average Bonchev–Trinajstić information content (AvgIpc) is 2.27. The second kappa shape index (κ2) is 5.35. The fraction of sp³-hybridized carbons (Fsp3) is 0.909. The molecular weight excluding hydrogens is 176 g/mol. The third-order valence-electron chi connectivity index (χ3n) is 3.18. The molecule has 1 heterocycles. The van der Waals surface area contributed by atoms with Gasteiger partial charge < -0.3 is 10.6 Å². The predicted octanol–water partition coefficient (Wildman–Crippen LogP) is 1.23. The molecule has 2 N–H and O–H groups in total. The Morgan fingerprint density at radius 2 is 2.36 bits per heavy atom. The number of hydrogen-bond donors (Lipinski definition) is 1. The van der Waals surface area contributed by atoms with E-state index in [9.17, 15) is 4.79 Å². The highest BCUT2D eigenvalue weighted by molar-refractivity contribution is 5.78. The summed E-state index contributed by atoms with van der Waals surface area (Å²) >= 11 is 0. The summed E-state index contributed by atoms with van der Waals surface area (Å²) in [6.45, 7) is 6.45. The zero-order valence-corrected chi connectivity index (χ0v) is 9.33. The lowest BCUT2D eigenvalue weighted by Crippen LogP contribution is -2.43. The van der Waals surface area contributed by atoms with Gasteiger partial charge >= 0.3 is 0 Å². The Morgan fingerprint density at radius 3 is 2.93 bits per heavy atom. The number of nitrogens with zero attached hydrogens (tertiary/aromatic N) is 1. The van der Waals surface area contributed by atoms with Gasteiger partial charge in [0.15, 0.2) is 0 Å². The standard InChI is InChI=1S/C11H22N2O/c1-3-10-5-4-6-13(8-10)11(14)9(2)7-12/h9-10H,3-8,12H2,1-2H3. The minimum absolute atomic E-state index is 0.00870. The number of likely N-dealkylation sites (tertiary alicyclic amines) is 1. The van der Waals surface area contributed by atoms with Crippen LogP contribution in [-0.2, 0) is 4.79 Å². The number of piperidine rings is 1. The van der Waals surface area contributed by atoms with E-state index in [-0.39, 0.29) is 11.8 Å². The van der Waals surface area contributed by atoms with Gasteiger partial charge in [0, 0.05) is 25.6 Å². The number of nitrogens with two attached hydrogens (primary N) is 1. The van der Waals surface area contributed by atoms with Gasteiger partial charge in [0.05, 0.1) is 0 Å². The SMILES string of the molecule is CCC1CCCN(C(=O)C(C)CN)C1. The first kappa shape index (κ1) is 11.5. The van der Waals surface area contributed by atoms with E-state index >= 15 is 0 Å². The molecule has 0 bridgehead atoms. The van der Waals surface area contributed by atoms with Crippen LogP contribution < -0.4 is 5.73 Å². The Labute approximate surface area is 86.6 Å². The highest BCUT2D eigenvalue weighted by atomic mass is 16.2. The highest BCUT2D eigenvalue weighted by Gasteiger charge is 2.24. The quantitative estimate of drug-likeness (QED) is 0.741. The molecule has 0 aliphatic carbocycles. The molecule has 1 aliphatic heterocycles. The Bertz CT molecular complexity index is 194. The van der Waals surface area contributed by atoms with E-state index in [1.54, 1.807) is 0 Å². The van der Waals surface area contributed by atoms with Crippen LogP contribution in [0.1, 0.15) is 33.1 Å². The van der Waals surface area contributed by atoms with Crippen molar-refractivity contribution in [2.45, 2.75) is 33.1 Å². The normalized spacial score (nSPS) is 24.8. The summed E-state index contributed by atoms with van der Waals surface area (Å²) in [4.78, 5) is 13.8. The molecule has 2 unspecified atom stereocenters. The van der Waals surface area contributed by atoms with E-state index in [1.165, 1.54) is 12.8 Å². The minimum Gasteiger partial charge on any atom is -0.342 e. The third-order valence-corrected chi connectivity index (χ3v) is 3.18. The molecule has 1 fully saturated rings. The summed E-state index contributed by atoms with van der Waals surface area (Å²) in [5.74, 6) is 0.939. The van der Waals surface area contributed by atoms with Crippen molar-refractivity contribution in [2.75, 3.05) is 19.6 Å². The van der Waals surface area contributed by atoms with Crippen molar-refractivity contribution in [3.8, 4) is 0 Å². The van der Waals surface area contributed by atoms with Crippen LogP contribution >= 0.6 is 0 Å². The maximum Gasteiger partial charge on any atom is 0.226 e. The topological polar surface area (TPSA) is 46.3 Å². The minimum atomic E-state index is -0.00870. The molecule has 14 heavy (non-hydrogen) atoms. The van der Waals surface area contributed by atoms with Crippen molar-refractivity contribution in [3.63, 3.8) is 0 Å². The van der Waals surface area contributed by atoms with Gasteiger partial charge in [-0.1, -0.05) is 20.3 Å². The number of carbonyl (C=O) groups excluding carboxylic acids is 1. The second-order valence-electron chi connectivity index (χ2n) is 4.34. The number of carbonyl (C=O) groups is 1. The van der Waals surface area contributed by atoms with Gasteiger partial charge in [0.2, 0.25) is 5.91 Å². The van der Waals surface area contributed by atoms with Gasteiger partial charge in [-0.05, 0) is 18.8 Å². The van der Waals surface area contributed by atoms with E-state index in [0.717, 1.165) is 19.5 Å². The number of amides is 1. The Balaban J connectivity index is 2.47. The molecule has 2 atom stereocenters. The van der Waals surface area contributed by atoms with Crippen LogP contribution in [0.4, 0.5) is 0 Å². The molecule has 0 saturated carbocycles. The number of hydrogen-bond acceptors (Lipinski definition) is 2. The molecule has 0 spiro atoms. The summed E-state index contributed by atoms with van der Waals surface area (Å²) < 4.78 is 0. The van der Waals surface area contributed by atoms with Crippen molar-refractivity contribution in [2.24, 2.45) is 17.6 Å². The van der Waals surface area contributed by atoms with Crippen molar-refractivity contribution in [1.29, 1.82) is 0 Å². The molecule has 0 aromatic rings. The molecule has 1 saturated heterocycles. The fourth-order valence-corrected chi connectivity index (χ4v) is 2.01. The predicted molar refractivity (Wildman–Crippen MR) is 57.8 cm³/mol. The number of rotatable bonds is 3. The van der Waals surface area contributed by atoms with Crippen molar-refractivity contribution < 1.29 is 4.79 Å². The van der Waals surface area contributed by atoms with Crippen LogP contribution in [0.2, 0.25) is 0 Å². The van der Waals surface area contributed by atoms with E-state index in [4.69, 9.17) is 5.73 Å². The third kappa shape index (κ3) is 2.71. The van der Waals surface area contributed by atoms with Crippen molar-refractivity contribution in [1.82, 2.24) is 4.90 Å². The van der Waals surface area contributed by atoms with Crippen LogP contribution in [0.3, 0.4) is 0 Å².